The Labute approximate surface area is 115 Å². The standard InChI is InChI=1S/C15H15F2NO2/c1-19-15-6-10(2-3-11(15)8-18)9-20-12-4-5-13(16)14(17)7-12/h2-7H,8-9,18H2,1H3. The lowest BCUT2D eigenvalue weighted by Crippen LogP contribution is -2.02. The molecule has 0 radical (unpaired) electrons. The van der Waals surface area contributed by atoms with Crippen molar-refractivity contribution in [3.05, 3.63) is 59.2 Å². The van der Waals surface area contributed by atoms with Crippen molar-refractivity contribution >= 4 is 0 Å². The minimum absolute atomic E-state index is 0.228. The highest BCUT2D eigenvalue weighted by atomic mass is 19.2. The molecule has 2 N–H and O–H groups in total. The zero-order valence-electron chi connectivity index (χ0n) is 11.0. The number of rotatable bonds is 5. The van der Waals surface area contributed by atoms with Crippen molar-refractivity contribution in [3.8, 4) is 11.5 Å². The Hall–Kier alpha value is -2.14. The largest absolute Gasteiger partial charge is 0.496 e. The van der Waals surface area contributed by atoms with Crippen LogP contribution in [0.15, 0.2) is 36.4 Å². The zero-order chi connectivity index (χ0) is 14.5. The van der Waals surface area contributed by atoms with E-state index < -0.39 is 11.6 Å². The van der Waals surface area contributed by atoms with Crippen LogP contribution in [0.3, 0.4) is 0 Å². The minimum atomic E-state index is -0.932. The molecule has 2 aromatic rings. The van der Waals surface area contributed by atoms with Gasteiger partial charge in [-0.25, -0.2) is 8.78 Å². The van der Waals surface area contributed by atoms with Gasteiger partial charge in [0.1, 0.15) is 18.1 Å². The van der Waals surface area contributed by atoms with Gasteiger partial charge in [0.05, 0.1) is 7.11 Å². The van der Waals surface area contributed by atoms with Crippen LogP contribution in [0.4, 0.5) is 8.78 Å². The molecule has 106 valence electrons. The van der Waals surface area contributed by atoms with E-state index in [0.29, 0.717) is 12.3 Å². The highest BCUT2D eigenvalue weighted by Gasteiger charge is 2.06. The third kappa shape index (κ3) is 3.24. The topological polar surface area (TPSA) is 44.5 Å². The van der Waals surface area contributed by atoms with E-state index in [1.54, 1.807) is 7.11 Å². The molecule has 0 unspecified atom stereocenters. The van der Waals surface area contributed by atoms with Gasteiger partial charge in [-0.1, -0.05) is 12.1 Å². The first-order valence-corrected chi connectivity index (χ1v) is 6.07. The van der Waals surface area contributed by atoms with E-state index in [1.807, 2.05) is 18.2 Å². The number of nitrogens with two attached hydrogens (primary N) is 1. The van der Waals surface area contributed by atoms with Gasteiger partial charge in [-0.15, -0.1) is 0 Å². The van der Waals surface area contributed by atoms with Gasteiger partial charge in [0.15, 0.2) is 11.6 Å². The van der Waals surface area contributed by atoms with Gasteiger partial charge in [0, 0.05) is 18.2 Å². The number of benzene rings is 2. The van der Waals surface area contributed by atoms with E-state index in [-0.39, 0.29) is 12.4 Å². The summed E-state index contributed by atoms with van der Waals surface area (Å²) in [6, 6.07) is 8.93. The van der Waals surface area contributed by atoms with Crippen molar-refractivity contribution in [2.75, 3.05) is 7.11 Å². The van der Waals surface area contributed by atoms with Crippen LogP contribution in [0.25, 0.3) is 0 Å². The zero-order valence-corrected chi connectivity index (χ0v) is 11.0. The van der Waals surface area contributed by atoms with E-state index in [2.05, 4.69) is 0 Å². The number of hydrogen-bond acceptors (Lipinski definition) is 3. The quantitative estimate of drug-likeness (QED) is 0.915. The molecule has 0 atom stereocenters. The summed E-state index contributed by atoms with van der Waals surface area (Å²) in [4.78, 5) is 0. The predicted octanol–water partition coefficient (Wildman–Crippen LogP) is 3.01. The summed E-state index contributed by atoms with van der Waals surface area (Å²) in [5.41, 5.74) is 7.33. The van der Waals surface area contributed by atoms with E-state index in [4.69, 9.17) is 15.2 Å². The highest BCUT2D eigenvalue weighted by molar-refractivity contribution is 5.37. The lowest BCUT2D eigenvalue weighted by Gasteiger charge is -2.10. The molecule has 5 heteroatoms. The first-order chi connectivity index (χ1) is 9.63. The summed E-state index contributed by atoms with van der Waals surface area (Å²) in [5, 5.41) is 0. The van der Waals surface area contributed by atoms with Crippen LogP contribution in [0, 0.1) is 11.6 Å². The second-order valence-corrected chi connectivity index (χ2v) is 4.21. The van der Waals surface area contributed by atoms with Crippen LogP contribution in [0.5, 0.6) is 11.5 Å². The average molecular weight is 279 g/mol. The SMILES string of the molecule is COc1cc(COc2ccc(F)c(F)c2)ccc1CN. The number of hydrogen-bond donors (Lipinski definition) is 1. The molecule has 0 aromatic heterocycles. The van der Waals surface area contributed by atoms with Gasteiger partial charge >= 0.3 is 0 Å². The number of halogens is 2. The van der Waals surface area contributed by atoms with Crippen molar-refractivity contribution in [3.63, 3.8) is 0 Å². The smallest absolute Gasteiger partial charge is 0.162 e. The third-order valence-corrected chi connectivity index (χ3v) is 2.87. The Morgan fingerprint density at radius 3 is 2.50 bits per heavy atom. The molecule has 0 amide bonds. The van der Waals surface area contributed by atoms with Gasteiger partial charge < -0.3 is 15.2 Å². The molecule has 0 aliphatic rings. The Bertz CT molecular complexity index is 602. The predicted molar refractivity (Wildman–Crippen MR) is 71.6 cm³/mol. The summed E-state index contributed by atoms with van der Waals surface area (Å²) in [5.74, 6) is -0.880. The summed E-state index contributed by atoms with van der Waals surface area (Å²) >= 11 is 0. The van der Waals surface area contributed by atoms with E-state index in [1.165, 1.54) is 6.07 Å². The molecule has 20 heavy (non-hydrogen) atoms. The van der Waals surface area contributed by atoms with Crippen LogP contribution in [0.2, 0.25) is 0 Å². The van der Waals surface area contributed by atoms with Crippen LogP contribution in [-0.2, 0) is 13.2 Å². The summed E-state index contributed by atoms with van der Waals surface area (Å²) in [6.07, 6.45) is 0. The monoisotopic (exact) mass is 279 g/mol. The van der Waals surface area contributed by atoms with Crippen molar-refractivity contribution in [1.82, 2.24) is 0 Å². The molecule has 0 heterocycles. The molecular weight excluding hydrogens is 264 g/mol. The van der Waals surface area contributed by atoms with Crippen LogP contribution in [-0.4, -0.2) is 7.11 Å². The van der Waals surface area contributed by atoms with Gasteiger partial charge in [-0.05, 0) is 23.8 Å². The van der Waals surface area contributed by atoms with Gasteiger partial charge in [0.25, 0.3) is 0 Å². The Morgan fingerprint density at radius 1 is 1.05 bits per heavy atom. The summed E-state index contributed by atoms with van der Waals surface area (Å²) in [6.45, 7) is 0.611. The van der Waals surface area contributed by atoms with Crippen LogP contribution in [0.1, 0.15) is 11.1 Å². The number of ether oxygens (including phenoxy) is 2. The molecule has 0 spiro atoms. The highest BCUT2D eigenvalue weighted by Crippen LogP contribution is 2.22. The lowest BCUT2D eigenvalue weighted by atomic mass is 10.1. The first-order valence-electron chi connectivity index (χ1n) is 6.07. The number of methoxy groups -OCH3 is 1. The second-order valence-electron chi connectivity index (χ2n) is 4.21. The molecule has 3 nitrogen and oxygen atoms in total. The van der Waals surface area contributed by atoms with Gasteiger partial charge in [-0.3, -0.25) is 0 Å². The van der Waals surface area contributed by atoms with Crippen LogP contribution < -0.4 is 15.2 Å². The van der Waals surface area contributed by atoms with E-state index >= 15 is 0 Å². The van der Waals surface area contributed by atoms with Gasteiger partial charge in [-0.2, -0.15) is 0 Å². The summed E-state index contributed by atoms with van der Waals surface area (Å²) < 4.78 is 36.4. The Kier molecular flexibility index (Phi) is 4.53. The molecule has 0 saturated carbocycles. The first kappa shape index (κ1) is 14.3. The maximum Gasteiger partial charge on any atom is 0.162 e. The Balaban J connectivity index is 2.08. The molecule has 0 aliphatic heterocycles. The normalized spacial score (nSPS) is 10.4. The molecule has 0 aliphatic carbocycles. The third-order valence-electron chi connectivity index (χ3n) is 2.87. The van der Waals surface area contributed by atoms with Crippen molar-refractivity contribution in [2.24, 2.45) is 5.73 Å². The molecule has 0 fully saturated rings. The second kappa shape index (κ2) is 6.34. The Morgan fingerprint density at radius 2 is 1.85 bits per heavy atom. The lowest BCUT2D eigenvalue weighted by molar-refractivity contribution is 0.302. The maximum absolute atomic E-state index is 13.0. The fraction of sp³-hybridized carbons (Fsp3) is 0.200. The maximum atomic E-state index is 13.0. The molecule has 0 bridgehead atoms. The fourth-order valence-electron chi connectivity index (χ4n) is 1.78. The van der Waals surface area contributed by atoms with Crippen LogP contribution >= 0.6 is 0 Å². The van der Waals surface area contributed by atoms with E-state index in [9.17, 15) is 8.78 Å². The molecule has 2 aromatic carbocycles. The average Bonchev–Trinajstić information content (AvgIpc) is 2.48. The fourth-order valence-corrected chi connectivity index (χ4v) is 1.78. The van der Waals surface area contributed by atoms with Crippen molar-refractivity contribution in [2.45, 2.75) is 13.2 Å². The molecular formula is C15H15F2NO2. The van der Waals surface area contributed by atoms with Gasteiger partial charge in [0.2, 0.25) is 0 Å². The van der Waals surface area contributed by atoms with Crippen molar-refractivity contribution < 1.29 is 18.3 Å². The molecule has 2 rings (SSSR count). The minimum Gasteiger partial charge on any atom is -0.496 e. The van der Waals surface area contributed by atoms with Crippen molar-refractivity contribution in [1.29, 1.82) is 0 Å². The summed E-state index contributed by atoms with van der Waals surface area (Å²) in [7, 11) is 1.56. The van der Waals surface area contributed by atoms with E-state index in [0.717, 1.165) is 23.3 Å². The molecule has 0 saturated heterocycles.